The second-order valence-electron chi connectivity index (χ2n) is 7.00. The van der Waals surface area contributed by atoms with E-state index in [2.05, 4.69) is 27.7 Å². The number of methoxy groups -OCH3 is 1. The van der Waals surface area contributed by atoms with Gasteiger partial charge in [-0.1, -0.05) is 42.8 Å². The van der Waals surface area contributed by atoms with Crippen LogP contribution in [0.5, 0.6) is 5.75 Å². The molecule has 0 spiro atoms. The van der Waals surface area contributed by atoms with Crippen LogP contribution < -0.4 is 4.74 Å². The minimum Gasteiger partial charge on any atom is -0.496 e. The van der Waals surface area contributed by atoms with Crippen LogP contribution in [0.15, 0.2) is 48.5 Å². The van der Waals surface area contributed by atoms with Gasteiger partial charge in [0.15, 0.2) is 0 Å². The van der Waals surface area contributed by atoms with E-state index in [4.69, 9.17) is 9.99 Å². The Bertz CT molecular complexity index is 961. The largest absolute Gasteiger partial charge is 0.496 e. The summed E-state index contributed by atoms with van der Waals surface area (Å²) in [5.41, 5.74) is 4.31. The molecule has 0 saturated carbocycles. The highest BCUT2D eigenvalue weighted by Gasteiger charge is 2.33. The van der Waals surface area contributed by atoms with Crippen LogP contribution in [0.4, 0.5) is 0 Å². The van der Waals surface area contributed by atoms with E-state index in [1.807, 2.05) is 30.3 Å². The third-order valence-electron chi connectivity index (χ3n) is 5.48. The molecule has 0 saturated heterocycles. The topological polar surface area (TPSA) is 60.7 Å². The molecular weight excluding hydrogens is 342 g/mol. The molecular formula is C22H23NO4. The first-order valence-electron chi connectivity index (χ1n) is 9.31. The van der Waals surface area contributed by atoms with Crippen molar-refractivity contribution in [3.63, 3.8) is 0 Å². The SMILES string of the molecule is COc1cccc2c1c1c(n2Cc2ccccc2)CCCCC1C(=O)OO. The van der Waals surface area contributed by atoms with Crippen molar-refractivity contribution in [2.24, 2.45) is 0 Å². The van der Waals surface area contributed by atoms with E-state index >= 15 is 0 Å². The summed E-state index contributed by atoms with van der Waals surface area (Å²) >= 11 is 0. The summed E-state index contributed by atoms with van der Waals surface area (Å²) in [5, 5.41) is 10.0. The molecule has 1 aromatic heterocycles. The van der Waals surface area contributed by atoms with Gasteiger partial charge in [0.05, 0.1) is 18.5 Å². The highest BCUT2D eigenvalue weighted by atomic mass is 17.1. The predicted octanol–water partition coefficient (Wildman–Crippen LogP) is 4.52. The molecule has 5 heteroatoms. The van der Waals surface area contributed by atoms with E-state index in [0.29, 0.717) is 6.42 Å². The molecule has 1 aliphatic rings. The van der Waals surface area contributed by atoms with Crippen LogP contribution in [-0.2, 0) is 22.6 Å². The molecule has 140 valence electrons. The summed E-state index contributed by atoms with van der Waals surface area (Å²) in [7, 11) is 1.64. The van der Waals surface area contributed by atoms with Gasteiger partial charge in [0.2, 0.25) is 0 Å². The average molecular weight is 365 g/mol. The van der Waals surface area contributed by atoms with Gasteiger partial charge in [0, 0.05) is 17.6 Å². The lowest BCUT2D eigenvalue weighted by Gasteiger charge is -2.14. The maximum Gasteiger partial charge on any atom is 0.349 e. The fourth-order valence-electron chi connectivity index (χ4n) is 4.30. The molecule has 1 unspecified atom stereocenters. The standard InChI is InChI=1S/C22H23NO4/c1-26-19-13-7-12-18-21(19)20-16(22(24)27-25)10-5-6-11-17(20)23(18)14-15-8-3-2-4-9-15/h2-4,7-9,12-13,16,25H,5-6,10-11,14H2,1H3. The summed E-state index contributed by atoms with van der Waals surface area (Å²) in [6.45, 7) is 0.723. The molecule has 2 aromatic carbocycles. The molecule has 0 aliphatic heterocycles. The molecule has 1 aliphatic carbocycles. The van der Waals surface area contributed by atoms with Crippen molar-refractivity contribution < 1.29 is 19.7 Å². The number of benzene rings is 2. The van der Waals surface area contributed by atoms with Crippen LogP contribution in [0, 0.1) is 0 Å². The molecule has 27 heavy (non-hydrogen) atoms. The Morgan fingerprint density at radius 3 is 2.70 bits per heavy atom. The van der Waals surface area contributed by atoms with Gasteiger partial charge in [0.25, 0.3) is 0 Å². The predicted molar refractivity (Wildman–Crippen MR) is 103 cm³/mol. The molecule has 0 fully saturated rings. The summed E-state index contributed by atoms with van der Waals surface area (Å²) < 4.78 is 7.91. The third kappa shape index (κ3) is 3.08. The lowest BCUT2D eigenvalue weighted by atomic mass is 9.93. The zero-order valence-electron chi connectivity index (χ0n) is 15.4. The van der Waals surface area contributed by atoms with E-state index in [9.17, 15) is 4.79 Å². The zero-order chi connectivity index (χ0) is 18.8. The monoisotopic (exact) mass is 365 g/mol. The maximum absolute atomic E-state index is 12.4. The fraction of sp³-hybridized carbons (Fsp3) is 0.318. The minimum atomic E-state index is -0.595. The smallest absolute Gasteiger partial charge is 0.349 e. The van der Waals surface area contributed by atoms with Gasteiger partial charge in [-0.05, 0) is 42.5 Å². The second kappa shape index (κ2) is 7.45. The number of aromatic nitrogens is 1. The molecule has 3 aromatic rings. The first-order valence-corrected chi connectivity index (χ1v) is 9.31. The van der Waals surface area contributed by atoms with Gasteiger partial charge in [0.1, 0.15) is 5.75 Å². The van der Waals surface area contributed by atoms with Crippen LogP contribution in [0.1, 0.15) is 42.0 Å². The molecule has 1 atom stereocenters. The first-order chi connectivity index (χ1) is 13.2. The van der Waals surface area contributed by atoms with Gasteiger partial charge in [-0.25, -0.2) is 4.79 Å². The highest BCUT2D eigenvalue weighted by Crippen LogP contribution is 2.42. The number of nitrogens with zero attached hydrogens (tertiary/aromatic N) is 1. The van der Waals surface area contributed by atoms with Crippen molar-refractivity contribution in [1.29, 1.82) is 0 Å². The Hall–Kier alpha value is -2.79. The van der Waals surface area contributed by atoms with Gasteiger partial charge in [-0.2, -0.15) is 5.26 Å². The van der Waals surface area contributed by atoms with Crippen molar-refractivity contribution in [3.8, 4) is 5.75 Å². The second-order valence-corrected chi connectivity index (χ2v) is 7.00. The summed E-state index contributed by atoms with van der Waals surface area (Å²) in [5.74, 6) is -0.334. The van der Waals surface area contributed by atoms with Gasteiger partial charge < -0.3 is 14.2 Å². The van der Waals surface area contributed by atoms with E-state index in [-0.39, 0.29) is 0 Å². The normalized spacial score (nSPS) is 16.6. The highest BCUT2D eigenvalue weighted by molar-refractivity contribution is 5.96. The Balaban J connectivity index is 1.98. The van der Waals surface area contributed by atoms with Crippen molar-refractivity contribution >= 4 is 16.9 Å². The van der Waals surface area contributed by atoms with Gasteiger partial charge >= 0.3 is 5.97 Å². The Labute approximate surface area is 158 Å². The zero-order valence-corrected chi connectivity index (χ0v) is 15.4. The summed E-state index contributed by atoms with van der Waals surface area (Å²) in [6.07, 6.45) is 3.45. The molecule has 0 amide bonds. The molecule has 1 N–H and O–H groups in total. The molecule has 1 heterocycles. The van der Waals surface area contributed by atoms with Crippen molar-refractivity contribution in [1.82, 2.24) is 4.57 Å². The third-order valence-corrected chi connectivity index (χ3v) is 5.48. The first kappa shape index (κ1) is 17.6. The Kier molecular flexibility index (Phi) is 4.86. The molecule has 5 nitrogen and oxygen atoms in total. The lowest BCUT2D eigenvalue weighted by molar-refractivity contribution is -0.236. The van der Waals surface area contributed by atoms with Crippen molar-refractivity contribution in [2.75, 3.05) is 7.11 Å². The Morgan fingerprint density at radius 1 is 1.15 bits per heavy atom. The van der Waals surface area contributed by atoms with E-state index in [1.165, 1.54) is 5.56 Å². The summed E-state index contributed by atoms with van der Waals surface area (Å²) in [4.78, 5) is 16.5. The quantitative estimate of drug-likeness (QED) is 0.419. The minimum absolute atomic E-state index is 0.483. The van der Waals surface area contributed by atoms with Crippen LogP contribution in [0.25, 0.3) is 10.9 Å². The number of fused-ring (bicyclic) bond motifs is 3. The number of ether oxygens (including phenoxy) is 1. The van der Waals surface area contributed by atoms with E-state index in [1.54, 1.807) is 7.11 Å². The van der Waals surface area contributed by atoms with E-state index < -0.39 is 11.9 Å². The number of carbonyl (C=O) groups excluding carboxylic acids is 1. The Morgan fingerprint density at radius 2 is 1.96 bits per heavy atom. The molecule has 0 radical (unpaired) electrons. The van der Waals surface area contributed by atoms with E-state index in [0.717, 1.165) is 53.7 Å². The molecule has 4 rings (SSSR count). The van der Waals surface area contributed by atoms with Crippen LogP contribution >= 0.6 is 0 Å². The number of hydrogen-bond donors (Lipinski definition) is 1. The number of hydrogen-bond acceptors (Lipinski definition) is 4. The van der Waals surface area contributed by atoms with Gasteiger partial charge in [-0.3, -0.25) is 0 Å². The molecule has 0 bridgehead atoms. The van der Waals surface area contributed by atoms with Crippen LogP contribution in [0.2, 0.25) is 0 Å². The van der Waals surface area contributed by atoms with Crippen molar-refractivity contribution in [3.05, 3.63) is 65.4 Å². The van der Waals surface area contributed by atoms with Crippen LogP contribution in [-0.4, -0.2) is 22.9 Å². The average Bonchev–Trinajstić information content (AvgIpc) is 2.87. The summed E-state index contributed by atoms with van der Waals surface area (Å²) in [6, 6.07) is 16.2. The fourth-order valence-corrected chi connectivity index (χ4v) is 4.30. The number of rotatable bonds is 4. The van der Waals surface area contributed by atoms with Crippen LogP contribution in [0.3, 0.4) is 0 Å². The number of carbonyl (C=O) groups is 1. The maximum atomic E-state index is 12.4. The van der Waals surface area contributed by atoms with Crippen molar-refractivity contribution in [2.45, 2.75) is 38.1 Å². The van der Waals surface area contributed by atoms with Gasteiger partial charge in [-0.15, -0.1) is 0 Å². The lowest BCUT2D eigenvalue weighted by Crippen LogP contribution is -2.15.